The summed E-state index contributed by atoms with van der Waals surface area (Å²) < 4.78 is 0. The van der Waals surface area contributed by atoms with Gasteiger partial charge in [-0.05, 0) is 145 Å². The summed E-state index contributed by atoms with van der Waals surface area (Å²) in [6.07, 6.45) is 0. The number of hydrogen-bond acceptors (Lipinski definition) is 0. The SMILES string of the molecule is c1ccc2cc(-c3ccc(-c4ccc5ccccc5c4)c4cc(-c5ccc6c(-c7cccc8ccccc78)ccc(-c7cccc8ccccc78)c6c5)ccc34)ccc2c1. The minimum absolute atomic E-state index is 1.20. The first-order chi connectivity index (χ1) is 29.7. The van der Waals surface area contributed by atoms with Crippen molar-refractivity contribution in [1.82, 2.24) is 0 Å². The van der Waals surface area contributed by atoms with Gasteiger partial charge in [0.2, 0.25) is 0 Å². The molecule has 0 aliphatic rings. The molecule has 0 N–H and O–H groups in total. The summed E-state index contributed by atoms with van der Waals surface area (Å²) >= 11 is 0. The van der Waals surface area contributed by atoms with Gasteiger partial charge < -0.3 is 0 Å². The van der Waals surface area contributed by atoms with E-state index in [1.165, 1.54) is 120 Å². The topological polar surface area (TPSA) is 0 Å². The molecule has 0 amide bonds. The lowest BCUT2D eigenvalue weighted by atomic mass is 9.86. The Morgan fingerprint density at radius 1 is 0.150 bits per heavy atom. The zero-order chi connectivity index (χ0) is 39.6. The maximum absolute atomic E-state index is 2.44. The molecule has 0 atom stereocenters. The summed E-state index contributed by atoms with van der Waals surface area (Å²) in [5, 5.41) is 15.0. The van der Waals surface area contributed by atoms with Gasteiger partial charge in [-0.3, -0.25) is 0 Å². The third kappa shape index (κ3) is 5.69. The van der Waals surface area contributed by atoms with Crippen molar-refractivity contribution in [3.8, 4) is 55.6 Å². The minimum atomic E-state index is 1.20. The molecule has 0 radical (unpaired) electrons. The summed E-state index contributed by atoms with van der Waals surface area (Å²) in [7, 11) is 0. The molecule has 0 aliphatic carbocycles. The van der Waals surface area contributed by atoms with E-state index in [0.717, 1.165) is 0 Å². The van der Waals surface area contributed by atoms with Crippen LogP contribution < -0.4 is 0 Å². The molecule has 0 saturated heterocycles. The Morgan fingerprint density at radius 3 is 1.03 bits per heavy atom. The van der Waals surface area contributed by atoms with Crippen molar-refractivity contribution in [3.63, 3.8) is 0 Å². The van der Waals surface area contributed by atoms with E-state index in [-0.39, 0.29) is 0 Å². The van der Waals surface area contributed by atoms with E-state index < -0.39 is 0 Å². The first kappa shape index (κ1) is 34.3. The van der Waals surface area contributed by atoms with Crippen LogP contribution in [0.2, 0.25) is 0 Å². The van der Waals surface area contributed by atoms with Gasteiger partial charge in [-0.2, -0.15) is 0 Å². The van der Waals surface area contributed by atoms with Crippen molar-refractivity contribution in [1.29, 1.82) is 0 Å². The van der Waals surface area contributed by atoms with E-state index in [1.807, 2.05) is 0 Å². The Hall–Kier alpha value is -7.80. The molecule has 0 fully saturated rings. The Labute approximate surface area is 349 Å². The molecule has 12 aromatic carbocycles. The van der Waals surface area contributed by atoms with Crippen LogP contribution >= 0.6 is 0 Å². The van der Waals surface area contributed by atoms with Gasteiger partial charge in [-0.25, -0.2) is 0 Å². The van der Waals surface area contributed by atoms with Gasteiger partial charge in [-0.1, -0.05) is 206 Å². The van der Waals surface area contributed by atoms with Crippen LogP contribution in [0.1, 0.15) is 0 Å². The molecule has 60 heavy (non-hydrogen) atoms. The maximum Gasteiger partial charge on any atom is -0.00928 e. The predicted octanol–water partition coefficient (Wildman–Crippen LogP) is 16.9. The van der Waals surface area contributed by atoms with Crippen LogP contribution in [0.25, 0.3) is 120 Å². The van der Waals surface area contributed by atoms with Gasteiger partial charge in [0, 0.05) is 0 Å². The van der Waals surface area contributed by atoms with E-state index in [0.29, 0.717) is 0 Å². The molecule has 0 unspecified atom stereocenters. The van der Waals surface area contributed by atoms with E-state index in [4.69, 9.17) is 0 Å². The molecular weight excluding hydrogens is 721 g/mol. The number of hydrogen-bond donors (Lipinski definition) is 0. The Balaban J connectivity index is 1.10. The lowest BCUT2D eigenvalue weighted by Gasteiger charge is -2.17. The average molecular weight is 759 g/mol. The molecule has 0 saturated carbocycles. The van der Waals surface area contributed by atoms with Crippen molar-refractivity contribution in [3.05, 3.63) is 231 Å². The van der Waals surface area contributed by atoms with Crippen LogP contribution in [0.15, 0.2) is 231 Å². The van der Waals surface area contributed by atoms with Gasteiger partial charge in [0.05, 0.1) is 0 Å². The highest BCUT2D eigenvalue weighted by Gasteiger charge is 2.17. The van der Waals surface area contributed by atoms with E-state index in [9.17, 15) is 0 Å². The average Bonchev–Trinajstić information content (AvgIpc) is 3.32. The lowest BCUT2D eigenvalue weighted by molar-refractivity contribution is 1.63. The minimum Gasteiger partial charge on any atom is -0.0616 e. The Kier molecular flexibility index (Phi) is 7.96. The normalized spacial score (nSPS) is 11.7. The highest BCUT2D eigenvalue weighted by molar-refractivity contribution is 6.14. The van der Waals surface area contributed by atoms with Crippen LogP contribution in [-0.4, -0.2) is 0 Å². The first-order valence-electron chi connectivity index (χ1n) is 20.8. The van der Waals surface area contributed by atoms with Gasteiger partial charge >= 0.3 is 0 Å². The van der Waals surface area contributed by atoms with Crippen LogP contribution in [-0.2, 0) is 0 Å². The fraction of sp³-hybridized carbons (Fsp3) is 0. The highest BCUT2D eigenvalue weighted by atomic mass is 14.2. The molecule has 0 heterocycles. The lowest BCUT2D eigenvalue weighted by Crippen LogP contribution is -1.91. The van der Waals surface area contributed by atoms with Gasteiger partial charge in [0.1, 0.15) is 0 Å². The zero-order valence-electron chi connectivity index (χ0n) is 32.9. The zero-order valence-corrected chi connectivity index (χ0v) is 32.9. The van der Waals surface area contributed by atoms with Gasteiger partial charge in [0.15, 0.2) is 0 Å². The monoisotopic (exact) mass is 758 g/mol. The number of rotatable bonds is 5. The Morgan fingerprint density at radius 2 is 0.500 bits per heavy atom. The molecule has 12 rings (SSSR count). The number of benzene rings is 12. The second-order valence-electron chi connectivity index (χ2n) is 16.0. The van der Waals surface area contributed by atoms with Crippen molar-refractivity contribution in [2.45, 2.75) is 0 Å². The molecule has 0 aromatic heterocycles. The first-order valence-corrected chi connectivity index (χ1v) is 20.8. The second kappa shape index (κ2) is 13.9. The van der Waals surface area contributed by atoms with Gasteiger partial charge in [-0.15, -0.1) is 0 Å². The molecule has 0 aliphatic heterocycles. The molecule has 0 heteroatoms. The third-order valence-electron chi connectivity index (χ3n) is 12.6. The molecule has 0 bridgehead atoms. The van der Waals surface area contributed by atoms with Crippen molar-refractivity contribution < 1.29 is 0 Å². The van der Waals surface area contributed by atoms with Gasteiger partial charge in [0.25, 0.3) is 0 Å². The summed E-state index contributed by atoms with van der Waals surface area (Å²) in [5.74, 6) is 0. The van der Waals surface area contributed by atoms with Crippen LogP contribution in [0.5, 0.6) is 0 Å². The predicted molar refractivity (Wildman–Crippen MR) is 259 cm³/mol. The summed E-state index contributed by atoms with van der Waals surface area (Å²) in [4.78, 5) is 0. The van der Waals surface area contributed by atoms with E-state index >= 15 is 0 Å². The summed E-state index contributed by atoms with van der Waals surface area (Å²) in [5.41, 5.74) is 12.3. The molecule has 0 nitrogen and oxygen atoms in total. The van der Waals surface area contributed by atoms with Crippen LogP contribution in [0.4, 0.5) is 0 Å². The molecule has 12 aromatic rings. The molecule has 0 spiro atoms. The van der Waals surface area contributed by atoms with E-state index in [1.54, 1.807) is 0 Å². The second-order valence-corrected chi connectivity index (χ2v) is 16.0. The Bertz CT molecular complexity index is 3650. The molecule has 278 valence electrons. The smallest absolute Gasteiger partial charge is 0.00928 e. The van der Waals surface area contributed by atoms with E-state index in [2.05, 4.69) is 231 Å². The van der Waals surface area contributed by atoms with Crippen LogP contribution in [0, 0.1) is 0 Å². The van der Waals surface area contributed by atoms with Crippen molar-refractivity contribution in [2.24, 2.45) is 0 Å². The quantitative estimate of drug-likeness (QED) is 0.164. The van der Waals surface area contributed by atoms with Crippen molar-refractivity contribution >= 4 is 64.6 Å². The maximum atomic E-state index is 2.44. The third-order valence-corrected chi connectivity index (χ3v) is 12.6. The fourth-order valence-electron chi connectivity index (χ4n) is 9.66. The van der Waals surface area contributed by atoms with Crippen LogP contribution in [0.3, 0.4) is 0 Å². The largest absolute Gasteiger partial charge is 0.0616 e. The number of fused-ring (bicyclic) bond motifs is 6. The summed E-state index contributed by atoms with van der Waals surface area (Å²) in [6.45, 7) is 0. The standard InChI is InChI=1S/C60H38/c1-3-15-43-35-47(25-23-39(43)11-1)51-31-32-52(48-26-24-40-12-2-4-16-44(40)36-48)59-37-45(27-29-55(51)59)46-28-30-57-56(53-21-9-17-41-13-5-7-19-49(41)53)33-34-58(60(57)38-46)54-22-10-18-42-14-6-8-20-50(42)54/h1-38H. The molecular formula is C60H38. The highest BCUT2D eigenvalue weighted by Crippen LogP contribution is 2.44. The van der Waals surface area contributed by atoms with Crippen molar-refractivity contribution in [2.75, 3.05) is 0 Å². The fourth-order valence-corrected chi connectivity index (χ4v) is 9.66. The summed E-state index contributed by atoms with van der Waals surface area (Å²) in [6, 6.07) is 85.4.